The van der Waals surface area contributed by atoms with Gasteiger partial charge < -0.3 is 80.2 Å². The summed E-state index contributed by atoms with van der Waals surface area (Å²) < 4.78 is 0. The number of aromatic hydroxyl groups is 2. The molecule has 2 rings (SSSR count). The van der Waals surface area contributed by atoms with Crippen molar-refractivity contribution in [2.24, 2.45) is 29.0 Å². The Morgan fingerprint density at radius 2 is 1.00 bits per heavy atom. The number of unbranched alkanes of at least 4 members (excludes halogenated alkanes) is 1. The number of nitrogens with two attached hydrogens (primary N) is 3. The van der Waals surface area contributed by atoms with Gasteiger partial charge in [0.1, 0.15) is 53.8 Å². The molecule has 9 amide bonds. The van der Waals surface area contributed by atoms with Crippen LogP contribution in [-0.4, -0.2) is 147 Å². The summed E-state index contributed by atoms with van der Waals surface area (Å²) in [5.74, 6) is -11.9. The fourth-order valence-electron chi connectivity index (χ4n) is 7.36. The van der Waals surface area contributed by atoms with Crippen molar-refractivity contribution in [3.8, 4) is 11.5 Å². The number of phenolic OH excluding ortho intramolecular Hbond substituents is 2. The van der Waals surface area contributed by atoms with Crippen LogP contribution in [0.25, 0.3) is 0 Å². The largest absolute Gasteiger partial charge is 0.508 e. The maximum Gasteiger partial charge on any atom is 0.326 e. The van der Waals surface area contributed by atoms with Crippen LogP contribution in [0.3, 0.4) is 0 Å². The molecule has 2 aromatic carbocycles. The topological polar surface area (TPSA) is 443 Å². The first-order valence-electron chi connectivity index (χ1n) is 24.9. The molecule has 76 heavy (non-hydrogen) atoms. The van der Waals surface area contributed by atoms with Gasteiger partial charge in [0, 0.05) is 19.3 Å². The van der Waals surface area contributed by atoms with E-state index in [0.717, 1.165) is 6.92 Å². The Morgan fingerprint density at radius 1 is 0.553 bits per heavy atom. The van der Waals surface area contributed by atoms with E-state index in [-0.39, 0.29) is 55.6 Å². The Bertz CT molecular complexity index is 2320. The van der Waals surface area contributed by atoms with Crippen LogP contribution < -0.4 is 59.7 Å². The van der Waals surface area contributed by atoms with E-state index in [4.69, 9.17) is 17.2 Å². The Balaban J connectivity index is 2.41. The van der Waals surface area contributed by atoms with Gasteiger partial charge in [-0.3, -0.25) is 47.9 Å². The Kier molecular flexibility index (Phi) is 27.4. The van der Waals surface area contributed by atoms with E-state index in [1.54, 1.807) is 20.8 Å². The van der Waals surface area contributed by atoms with Crippen molar-refractivity contribution >= 4 is 65.1 Å². The Morgan fingerprint density at radius 3 is 1.47 bits per heavy atom. The van der Waals surface area contributed by atoms with Crippen molar-refractivity contribution in [1.82, 2.24) is 42.5 Å². The summed E-state index contributed by atoms with van der Waals surface area (Å²) in [5.41, 5.74) is 17.7. The number of nitrogens with one attached hydrogen (secondary N) is 8. The number of rotatable bonds is 34. The molecule has 0 spiro atoms. The van der Waals surface area contributed by atoms with E-state index in [1.165, 1.54) is 48.5 Å². The second-order valence-electron chi connectivity index (χ2n) is 18.9. The highest BCUT2D eigenvalue weighted by molar-refractivity contribution is 5.98. The van der Waals surface area contributed by atoms with Crippen LogP contribution in [0, 0.1) is 11.8 Å². The zero-order valence-electron chi connectivity index (χ0n) is 43.4. The normalized spacial score (nSPS) is 14.6. The summed E-state index contributed by atoms with van der Waals surface area (Å²) in [4.78, 5) is 145. The highest BCUT2D eigenvalue weighted by atomic mass is 16.4. The smallest absolute Gasteiger partial charge is 0.326 e. The lowest BCUT2D eigenvalue weighted by Crippen LogP contribution is -2.60. The first-order chi connectivity index (χ1) is 35.7. The standard InChI is InChI=1S/C50H75N11O15/c1-6-27(4)42(53)49(74)54-25-40(65)56-35(22-29-10-14-31(62)15-11-29)47(72)59-36(23-30-12-16-32(63)17-13-30)48(73)60-37(24-41(66)67)46(71)55-28(5)43(68)57-34(18-19-39(52)64)45(70)58-33(9-7-8-20-51)44(69)61-38(50(75)76)21-26(2)3/h10-17,26-28,33-38,42,62-63H,6-9,18-25,51,53H2,1-5H3,(H2,52,64)(H,54,74)(H,55,71)(H,56,65)(H,57,68)(H,58,70)(H,59,72)(H,60,73)(H,61,69)(H,66,67)(H,75,76)/t27-,28-,33-,34-,35-,36-,37-,38-,42-/m0/s1. The number of hydrogen-bond acceptors (Lipinski definition) is 15. The van der Waals surface area contributed by atoms with Crippen LogP contribution in [0.2, 0.25) is 0 Å². The molecule has 0 fully saturated rings. The van der Waals surface area contributed by atoms with Gasteiger partial charge in [0.05, 0.1) is 19.0 Å². The number of primary amides is 1. The van der Waals surface area contributed by atoms with Gasteiger partial charge in [0.25, 0.3) is 0 Å². The summed E-state index contributed by atoms with van der Waals surface area (Å²) in [6.45, 7) is 7.90. The molecule has 0 bridgehead atoms. The molecule has 0 saturated carbocycles. The molecule has 26 heteroatoms. The number of phenols is 2. The highest BCUT2D eigenvalue weighted by Gasteiger charge is 2.35. The molecule has 0 unspecified atom stereocenters. The lowest BCUT2D eigenvalue weighted by atomic mass is 9.99. The predicted molar refractivity (Wildman–Crippen MR) is 274 cm³/mol. The fraction of sp³-hybridized carbons (Fsp3) is 0.540. The van der Waals surface area contributed by atoms with Gasteiger partial charge in [0.15, 0.2) is 0 Å². The third-order valence-electron chi connectivity index (χ3n) is 12.0. The van der Waals surface area contributed by atoms with Crippen molar-refractivity contribution in [2.45, 2.75) is 147 Å². The van der Waals surface area contributed by atoms with Crippen LogP contribution in [0.4, 0.5) is 0 Å². The third kappa shape index (κ3) is 23.6. The minimum Gasteiger partial charge on any atom is -0.508 e. The monoisotopic (exact) mass is 1070 g/mol. The lowest BCUT2D eigenvalue weighted by molar-refractivity contribution is -0.143. The minimum absolute atomic E-state index is 0.00835. The zero-order chi connectivity index (χ0) is 57.2. The number of benzene rings is 2. The van der Waals surface area contributed by atoms with Crippen molar-refractivity contribution in [2.75, 3.05) is 13.1 Å². The van der Waals surface area contributed by atoms with Gasteiger partial charge in [-0.15, -0.1) is 0 Å². The van der Waals surface area contributed by atoms with Crippen LogP contribution in [0.5, 0.6) is 11.5 Å². The maximum absolute atomic E-state index is 14.2. The molecule has 0 aliphatic rings. The van der Waals surface area contributed by atoms with Crippen molar-refractivity contribution in [1.29, 1.82) is 0 Å². The van der Waals surface area contributed by atoms with E-state index in [0.29, 0.717) is 30.4 Å². The van der Waals surface area contributed by atoms with Crippen molar-refractivity contribution in [3.63, 3.8) is 0 Å². The number of aliphatic carboxylic acids is 2. The molecule has 420 valence electrons. The van der Waals surface area contributed by atoms with Crippen molar-refractivity contribution in [3.05, 3.63) is 59.7 Å². The van der Waals surface area contributed by atoms with E-state index in [9.17, 15) is 73.2 Å². The molecule has 0 aliphatic carbocycles. The fourth-order valence-corrected chi connectivity index (χ4v) is 7.36. The number of hydrogen-bond donors (Lipinski definition) is 15. The van der Waals surface area contributed by atoms with Gasteiger partial charge >= 0.3 is 11.9 Å². The van der Waals surface area contributed by atoms with Crippen LogP contribution in [-0.2, 0) is 65.6 Å². The molecule has 18 N–H and O–H groups in total. The quantitative estimate of drug-likeness (QED) is 0.0330. The molecule has 2 aromatic rings. The first kappa shape index (κ1) is 64.2. The van der Waals surface area contributed by atoms with Gasteiger partial charge in [-0.2, -0.15) is 0 Å². The summed E-state index contributed by atoms with van der Waals surface area (Å²) >= 11 is 0. The summed E-state index contributed by atoms with van der Waals surface area (Å²) in [7, 11) is 0. The van der Waals surface area contributed by atoms with Gasteiger partial charge in [-0.25, -0.2) is 4.79 Å². The second-order valence-corrected chi connectivity index (χ2v) is 18.9. The second kappa shape index (κ2) is 32.4. The van der Waals surface area contributed by atoms with Crippen LogP contribution in [0.15, 0.2) is 48.5 Å². The molecule has 0 heterocycles. The summed E-state index contributed by atoms with van der Waals surface area (Å²) in [5, 5.41) is 58.7. The van der Waals surface area contributed by atoms with Crippen molar-refractivity contribution < 1.29 is 73.2 Å². The molecular formula is C50H75N11O15. The Hall–Kier alpha value is -7.87. The maximum atomic E-state index is 14.2. The minimum atomic E-state index is -1.93. The highest BCUT2D eigenvalue weighted by Crippen LogP contribution is 2.15. The molecule has 0 aromatic heterocycles. The average Bonchev–Trinajstić information content (AvgIpc) is 3.35. The molecule has 9 atom stereocenters. The van der Waals surface area contributed by atoms with Gasteiger partial charge in [0.2, 0.25) is 53.2 Å². The van der Waals surface area contributed by atoms with E-state index in [2.05, 4.69) is 42.5 Å². The lowest BCUT2D eigenvalue weighted by Gasteiger charge is -2.27. The van der Waals surface area contributed by atoms with E-state index >= 15 is 0 Å². The van der Waals surface area contributed by atoms with Crippen LogP contribution >= 0.6 is 0 Å². The molecule has 0 saturated heterocycles. The number of carboxylic acid groups (broad SMARTS) is 2. The number of carbonyl (C=O) groups excluding carboxylic acids is 9. The van der Waals surface area contributed by atoms with Crippen LogP contribution in [0.1, 0.15) is 97.1 Å². The predicted octanol–water partition coefficient (Wildman–Crippen LogP) is -2.21. The molecule has 0 radical (unpaired) electrons. The van der Waals surface area contributed by atoms with E-state index in [1.807, 2.05) is 6.92 Å². The SMILES string of the molecule is CC[C@H](C)[C@H](N)C(=O)NCC(=O)N[C@@H](Cc1ccc(O)cc1)C(=O)N[C@@H](Cc1ccc(O)cc1)C(=O)N[C@@H](CC(=O)O)C(=O)N[C@@H](C)C(=O)N[C@@H](CCC(N)=O)C(=O)N[C@@H](CCCCN)C(=O)N[C@@H](CC(C)C)C(=O)O. The molecular weight excluding hydrogens is 995 g/mol. The summed E-state index contributed by atoms with van der Waals surface area (Å²) in [6, 6.07) is -0.643. The number of carbonyl (C=O) groups is 11. The molecule has 26 nitrogen and oxygen atoms in total. The van der Waals surface area contributed by atoms with Gasteiger partial charge in [-0.1, -0.05) is 58.4 Å². The third-order valence-corrected chi connectivity index (χ3v) is 12.0. The zero-order valence-corrected chi connectivity index (χ0v) is 43.4. The van der Waals surface area contributed by atoms with E-state index < -0.39 is 139 Å². The van der Waals surface area contributed by atoms with Gasteiger partial charge in [-0.05, 0) is 92.8 Å². The first-order valence-corrected chi connectivity index (χ1v) is 24.9. The Labute approximate surface area is 440 Å². The molecule has 0 aliphatic heterocycles. The average molecular weight is 1070 g/mol. The number of amides is 9. The number of carboxylic acids is 2. The summed E-state index contributed by atoms with van der Waals surface area (Å²) in [6.07, 6.45) is -1.02.